The van der Waals surface area contributed by atoms with E-state index in [1.165, 1.54) is 4.31 Å². The van der Waals surface area contributed by atoms with E-state index in [4.69, 9.17) is 17.0 Å². The van der Waals surface area contributed by atoms with Crippen LogP contribution in [0.25, 0.3) is 0 Å². The highest BCUT2D eigenvalue weighted by Gasteiger charge is 2.13. The molecule has 1 rings (SSSR count). The Bertz CT molecular complexity index is 574. The molecule has 0 aliphatic heterocycles. The number of anilines is 1. The van der Waals surface area contributed by atoms with Crippen molar-refractivity contribution in [1.29, 1.82) is 0 Å². The molecule has 0 heterocycles. The van der Waals surface area contributed by atoms with Gasteiger partial charge in [-0.25, -0.2) is 12.7 Å². The van der Waals surface area contributed by atoms with Crippen LogP contribution in [-0.4, -0.2) is 50.8 Å². The largest absolute Gasteiger partial charge is 0.497 e. The molecule has 0 fully saturated rings. The fourth-order valence-corrected chi connectivity index (χ4v) is 2.78. The number of nitrogens with zero attached hydrogens (tertiary/aromatic N) is 1. The van der Waals surface area contributed by atoms with Crippen molar-refractivity contribution in [1.82, 2.24) is 9.62 Å². The second-order valence-corrected chi connectivity index (χ2v) is 7.46. The third-order valence-corrected chi connectivity index (χ3v) is 5.23. The predicted molar refractivity (Wildman–Crippen MR) is 93.9 cm³/mol. The summed E-state index contributed by atoms with van der Waals surface area (Å²) in [5.74, 6) is 0.901. The van der Waals surface area contributed by atoms with E-state index in [1.807, 2.05) is 24.3 Å². The summed E-state index contributed by atoms with van der Waals surface area (Å²) < 4.78 is 29.6. The van der Waals surface area contributed by atoms with Crippen LogP contribution in [0.1, 0.15) is 13.3 Å². The third-order valence-electron chi connectivity index (χ3n) is 3.12. The molecule has 8 heteroatoms. The van der Waals surface area contributed by atoms with E-state index in [1.54, 1.807) is 21.1 Å². The first-order chi connectivity index (χ1) is 10.4. The minimum atomic E-state index is -3.11. The van der Waals surface area contributed by atoms with Crippen molar-refractivity contribution in [2.45, 2.75) is 13.3 Å². The van der Waals surface area contributed by atoms with E-state index in [9.17, 15) is 8.42 Å². The summed E-state index contributed by atoms with van der Waals surface area (Å²) in [6.45, 7) is 2.71. The maximum Gasteiger partial charge on any atom is 0.213 e. The van der Waals surface area contributed by atoms with Crippen molar-refractivity contribution in [2.75, 3.05) is 38.3 Å². The van der Waals surface area contributed by atoms with Crippen LogP contribution in [0.15, 0.2) is 24.3 Å². The van der Waals surface area contributed by atoms with Crippen LogP contribution in [0.2, 0.25) is 0 Å². The predicted octanol–water partition coefficient (Wildman–Crippen LogP) is 1.65. The van der Waals surface area contributed by atoms with Crippen LogP contribution in [0.3, 0.4) is 0 Å². The number of nitrogens with one attached hydrogen (secondary N) is 2. The van der Waals surface area contributed by atoms with Gasteiger partial charge >= 0.3 is 0 Å². The van der Waals surface area contributed by atoms with Crippen LogP contribution in [0, 0.1) is 0 Å². The highest BCUT2D eigenvalue weighted by molar-refractivity contribution is 7.89. The van der Waals surface area contributed by atoms with Gasteiger partial charge in [0.15, 0.2) is 5.11 Å². The summed E-state index contributed by atoms with van der Waals surface area (Å²) >= 11 is 5.19. The smallest absolute Gasteiger partial charge is 0.213 e. The minimum absolute atomic E-state index is 0.119. The number of ether oxygens (including phenoxy) is 1. The Morgan fingerprint density at radius 3 is 2.50 bits per heavy atom. The number of thiocarbonyl (C=S) groups is 1. The molecule has 1 aromatic rings. The molecular weight excluding hydrogens is 322 g/mol. The Hall–Kier alpha value is -1.38. The van der Waals surface area contributed by atoms with Crippen molar-refractivity contribution in [3.63, 3.8) is 0 Å². The van der Waals surface area contributed by atoms with Crippen LogP contribution < -0.4 is 15.4 Å². The lowest BCUT2D eigenvalue weighted by Crippen LogP contribution is -2.33. The fraction of sp³-hybridized carbons (Fsp3) is 0.500. The molecule has 0 unspecified atom stereocenters. The molecule has 124 valence electrons. The van der Waals surface area contributed by atoms with Gasteiger partial charge in [-0.15, -0.1) is 0 Å². The highest BCUT2D eigenvalue weighted by atomic mass is 32.2. The van der Waals surface area contributed by atoms with Gasteiger partial charge in [0.25, 0.3) is 0 Å². The summed E-state index contributed by atoms with van der Waals surface area (Å²) in [6.07, 6.45) is 0.681. The number of rotatable bonds is 8. The summed E-state index contributed by atoms with van der Waals surface area (Å²) in [7, 11) is 0.0966. The molecule has 0 aliphatic rings. The molecule has 0 spiro atoms. The van der Waals surface area contributed by atoms with E-state index in [0.717, 1.165) is 11.4 Å². The standard InChI is InChI=1S/C14H23N3O3S2/c1-4-22(18,19)17(2)11-5-10-15-14(21)16-12-6-8-13(20-3)9-7-12/h6-9H,4-5,10-11H2,1-3H3,(H2,15,16,21). The van der Waals surface area contributed by atoms with Gasteiger partial charge < -0.3 is 15.4 Å². The van der Waals surface area contributed by atoms with Gasteiger partial charge in [0.05, 0.1) is 12.9 Å². The summed E-state index contributed by atoms with van der Waals surface area (Å²) in [5, 5.41) is 6.61. The maximum absolute atomic E-state index is 11.6. The molecule has 6 nitrogen and oxygen atoms in total. The summed E-state index contributed by atoms with van der Waals surface area (Å²) in [4.78, 5) is 0. The lowest BCUT2D eigenvalue weighted by Gasteiger charge is -2.16. The van der Waals surface area contributed by atoms with Gasteiger partial charge in [-0.3, -0.25) is 0 Å². The quantitative estimate of drug-likeness (QED) is 0.551. The number of methoxy groups -OCH3 is 1. The summed E-state index contributed by atoms with van der Waals surface area (Å²) in [5.41, 5.74) is 0.865. The van der Waals surface area contributed by atoms with Crippen molar-refractivity contribution < 1.29 is 13.2 Å². The molecule has 0 radical (unpaired) electrons. The SMILES string of the molecule is CCS(=O)(=O)N(C)CCCNC(=S)Nc1ccc(OC)cc1. The number of hydrogen-bond acceptors (Lipinski definition) is 4. The van der Waals surface area contributed by atoms with E-state index in [-0.39, 0.29) is 5.75 Å². The molecule has 0 saturated heterocycles. The van der Waals surface area contributed by atoms with Gasteiger partial charge in [-0.1, -0.05) is 0 Å². The monoisotopic (exact) mass is 345 g/mol. The molecule has 0 atom stereocenters. The number of benzene rings is 1. The zero-order chi connectivity index (χ0) is 16.6. The van der Waals surface area contributed by atoms with Crippen molar-refractivity contribution >= 4 is 33.0 Å². The Labute approximate surface area is 137 Å². The van der Waals surface area contributed by atoms with Gasteiger partial charge in [0, 0.05) is 25.8 Å². The number of hydrogen-bond donors (Lipinski definition) is 2. The van der Waals surface area contributed by atoms with E-state index < -0.39 is 10.0 Å². The second kappa shape index (κ2) is 8.92. The average Bonchev–Trinajstić information content (AvgIpc) is 2.52. The zero-order valence-electron chi connectivity index (χ0n) is 13.1. The normalized spacial score (nSPS) is 11.3. The Morgan fingerprint density at radius 1 is 1.32 bits per heavy atom. The van der Waals surface area contributed by atoms with E-state index in [2.05, 4.69) is 10.6 Å². The average molecular weight is 345 g/mol. The van der Waals surface area contributed by atoms with Crippen molar-refractivity contribution in [2.24, 2.45) is 0 Å². The molecule has 0 amide bonds. The first-order valence-electron chi connectivity index (χ1n) is 7.02. The van der Waals surface area contributed by atoms with Gasteiger partial charge in [0.2, 0.25) is 10.0 Å². The van der Waals surface area contributed by atoms with Crippen molar-refractivity contribution in [3.8, 4) is 5.75 Å². The molecular formula is C14H23N3O3S2. The highest BCUT2D eigenvalue weighted by Crippen LogP contribution is 2.14. The first-order valence-corrected chi connectivity index (χ1v) is 9.03. The maximum atomic E-state index is 11.6. The lowest BCUT2D eigenvalue weighted by atomic mass is 10.3. The topological polar surface area (TPSA) is 70.7 Å². The van der Waals surface area contributed by atoms with Gasteiger partial charge in [0.1, 0.15) is 5.75 Å². The third kappa shape index (κ3) is 6.17. The molecule has 0 saturated carbocycles. The lowest BCUT2D eigenvalue weighted by molar-refractivity contribution is 0.415. The van der Waals surface area contributed by atoms with Crippen LogP contribution in [0.4, 0.5) is 5.69 Å². The minimum Gasteiger partial charge on any atom is -0.497 e. The van der Waals surface area contributed by atoms with E-state index >= 15 is 0 Å². The molecule has 0 aromatic heterocycles. The van der Waals surface area contributed by atoms with Crippen molar-refractivity contribution in [3.05, 3.63) is 24.3 Å². The molecule has 0 bridgehead atoms. The molecule has 2 N–H and O–H groups in total. The van der Waals surface area contributed by atoms with Crippen LogP contribution >= 0.6 is 12.2 Å². The second-order valence-electron chi connectivity index (χ2n) is 4.69. The van der Waals surface area contributed by atoms with Crippen LogP contribution in [-0.2, 0) is 10.0 Å². The van der Waals surface area contributed by atoms with Crippen LogP contribution in [0.5, 0.6) is 5.75 Å². The molecule has 1 aromatic carbocycles. The Kier molecular flexibility index (Phi) is 7.57. The van der Waals surface area contributed by atoms with Gasteiger partial charge in [-0.05, 0) is 49.8 Å². The molecule has 0 aliphatic carbocycles. The zero-order valence-corrected chi connectivity index (χ0v) is 14.8. The van der Waals surface area contributed by atoms with E-state index in [0.29, 0.717) is 24.6 Å². The Balaban J connectivity index is 2.28. The number of sulfonamides is 1. The molecule has 22 heavy (non-hydrogen) atoms. The summed E-state index contributed by atoms with van der Waals surface area (Å²) in [6, 6.07) is 7.42. The fourth-order valence-electron chi connectivity index (χ4n) is 1.71. The Morgan fingerprint density at radius 2 is 1.95 bits per heavy atom. The van der Waals surface area contributed by atoms with Gasteiger partial charge in [-0.2, -0.15) is 0 Å². The first kappa shape index (κ1) is 18.7.